The first kappa shape index (κ1) is 20.8. The van der Waals surface area contributed by atoms with Gasteiger partial charge in [0.2, 0.25) is 0 Å². The van der Waals surface area contributed by atoms with Crippen molar-refractivity contribution in [2.45, 2.75) is 18.9 Å². The second-order valence-electron chi connectivity index (χ2n) is 6.08. The molecule has 1 aliphatic rings. The quantitative estimate of drug-likeness (QED) is 0.630. The van der Waals surface area contributed by atoms with Gasteiger partial charge in [-0.25, -0.2) is 9.07 Å². The zero-order valence-electron chi connectivity index (χ0n) is 14.7. The number of rotatable bonds is 6. The van der Waals surface area contributed by atoms with E-state index in [-0.39, 0.29) is 49.0 Å². The van der Waals surface area contributed by atoms with Crippen molar-refractivity contribution in [2.75, 3.05) is 26.2 Å². The molecule has 1 aromatic carbocycles. The average molecular weight is 397 g/mol. The van der Waals surface area contributed by atoms with Crippen LogP contribution in [-0.4, -0.2) is 53.0 Å². The highest BCUT2D eigenvalue weighted by molar-refractivity contribution is 5.94. The van der Waals surface area contributed by atoms with Gasteiger partial charge in [0, 0.05) is 18.7 Å². The Bertz CT molecular complexity index is 761. The molecule has 2 amide bonds. The zero-order chi connectivity index (χ0) is 18.4. The van der Waals surface area contributed by atoms with E-state index < -0.39 is 5.82 Å². The van der Waals surface area contributed by atoms with Crippen LogP contribution in [0.3, 0.4) is 0 Å². The fraction of sp³-hybridized carbons (Fsp3) is 0.412. The molecule has 0 spiro atoms. The molecule has 1 saturated heterocycles. The molecule has 8 nitrogen and oxygen atoms in total. The molecule has 0 unspecified atom stereocenters. The van der Waals surface area contributed by atoms with Crippen LogP contribution in [0.5, 0.6) is 0 Å². The van der Waals surface area contributed by atoms with Gasteiger partial charge in [0.1, 0.15) is 5.82 Å². The summed E-state index contributed by atoms with van der Waals surface area (Å²) in [6.07, 6.45) is 3.57. The van der Waals surface area contributed by atoms with Crippen molar-refractivity contribution >= 4 is 24.2 Å². The molecule has 0 aliphatic carbocycles. The van der Waals surface area contributed by atoms with E-state index in [0.717, 1.165) is 25.9 Å². The van der Waals surface area contributed by atoms with Gasteiger partial charge < -0.3 is 16.0 Å². The predicted molar refractivity (Wildman–Crippen MR) is 99.5 cm³/mol. The number of nitrogens with one attached hydrogen (secondary N) is 3. The van der Waals surface area contributed by atoms with Gasteiger partial charge in [-0.05, 0) is 50.2 Å². The standard InChI is InChI=1S/C17H21FN6O2.ClH/c18-13-3-1-12(2-4-13)16(25)20-9-10-21-17(26)15-11-24(23-22-15)14-5-7-19-8-6-14;/h1-4,11,14,19H,5-10H2,(H,20,25)(H,21,26);1H. The Labute approximate surface area is 162 Å². The van der Waals surface area contributed by atoms with Gasteiger partial charge in [-0.15, -0.1) is 17.5 Å². The summed E-state index contributed by atoms with van der Waals surface area (Å²) in [5, 5.41) is 16.6. The van der Waals surface area contributed by atoms with Crippen LogP contribution < -0.4 is 16.0 Å². The van der Waals surface area contributed by atoms with Crippen molar-refractivity contribution in [2.24, 2.45) is 0 Å². The molecule has 3 rings (SSSR count). The van der Waals surface area contributed by atoms with Crippen LogP contribution in [-0.2, 0) is 0 Å². The van der Waals surface area contributed by atoms with Crippen molar-refractivity contribution in [3.05, 3.63) is 47.5 Å². The highest BCUT2D eigenvalue weighted by atomic mass is 35.5. The van der Waals surface area contributed by atoms with Crippen molar-refractivity contribution < 1.29 is 14.0 Å². The van der Waals surface area contributed by atoms with E-state index in [9.17, 15) is 14.0 Å². The van der Waals surface area contributed by atoms with Gasteiger partial charge in [-0.3, -0.25) is 9.59 Å². The number of benzene rings is 1. The van der Waals surface area contributed by atoms with Gasteiger partial charge in [0.15, 0.2) is 5.69 Å². The van der Waals surface area contributed by atoms with Crippen molar-refractivity contribution in [1.82, 2.24) is 30.9 Å². The summed E-state index contributed by atoms with van der Waals surface area (Å²) in [5.74, 6) is -1.05. The molecule has 10 heteroatoms. The van der Waals surface area contributed by atoms with Crippen LogP contribution in [0.15, 0.2) is 30.5 Å². The summed E-state index contributed by atoms with van der Waals surface area (Å²) in [6.45, 7) is 2.37. The van der Waals surface area contributed by atoms with Crippen LogP contribution >= 0.6 is 12.4 Å². The number of piperidine rings is 1. The molecule has 0 bridgehead atoms. The maximum Gasteiger partial charge on any atom is 0.273 e. The molecule has 146 valence electrons. The van der Waals surface area contributed by atoms with Crippen LogP contribution in [0.1, 0.15) is 39.7 Å². The summed E-state index contributed by atoms with van der Waals surface area (Å²) in [5.41, 5.74) is 0.621. The van der Waals surface area contributed by atoms with Crippen molar-refractivity contribution in [3.8, 4) is 0 Å². The maximum atomic E-state index is 12.8. The first-order valence-corrected chi connectivity index (χ1v) is 8.58. The van der Waals surface area contributed by atoms with Gasteiger partial charge in [-0.2, -0.15) is 0 Å². The third kappa shape index (κ3) is 5.73. The Morgan fingerprint density at radius 2 is 1.74 bits per heavy atom. The zero-order valence-corrected chi connectivity index (χ0v) is 15.5. The number of carbonyl (C=O) groups is 2. The molecular formula is C17H22ClFN6O2. The Hall–Kier alpha value is -2.52. The van der Waals surface area contributed by atoms with E-state index in [1.165, 1.54) is 24.3 Å². The summed E-state index contributed by atoms with van der Waals surface area (Å²) in [7, 11) is 0. The van der Waals surface area contributed by atoms with Gasteiger partial charge >= 0.3 is 0 Å². The second-order valence-corrected chi connectivity index (χ2v) is 6.08. The first-order chi connectivity index (χ1) is 12.6. The van der Waals surface area contributed by atoms with E-state index in [1.54, 1.807) is 10.9 Å². The van der Waals surface area contributed by atoms with Crippen LogP contribution in [0.25, 0.3) is 0 Å². The highest BCUT2D eigenvalue weighted by Crippen LogP contribution is 2.16. The number of hydrogen-bond donors (Lipinski definition) is 3. The Morgan fingerprint density at radius 1 is 1.11 bits per heavy atom. The molecule has 0 radical (unpaired) electrons. The molecular weight excluding hydrogens is 375 g/mol. The molecule has 1 aliphatic heterocycles. The number of halogens is 2. The first-order valence-electron chi connectivity index (χ1n) is 8.58. The van der Waals surface area contributed by atoms with E-state index in [2.05, 4.69) is 26.3 Å². The molecule has 0 atom stereocenters. The van der Waals surface area contributed by atoms with E-state index >= 15 is 0 Å². The number of amides is 2. The summed E-state index contributed by atoms with van der Waals surface area (Å²) in [4.78, 5) is 24.0. The molecule has 1 aromatic heterocycles. The summed E-state index contributed by atoms with van der Waals surface area (Å²) in [6, 6.07) is 5.52. The smallest absolute Gasteiger partial charge is 0.273 e. The highest BCUT2D eigenvalue weighted by Gasteiger charge is 2.18. The average Bonchev–Trinajstić information content (AvgIpc) is 3.16. The molecule has 3 N–H and O–H groups in total. The minimum atomic E-state index is -0.397. The van der Waals surface area contributed by atoms with E-state index in [0.29, 0.717) is 5.56 Å². The number of nitrogens with zero attached hydrogens (tertiary/aromatic N) is 3. The van der Waals surface area contributed by atoms with Gasteiger partial charge in [-0.1, -0.05) is 5.21 Å². The third-order valence-electron chi connectivity index (χ3n) is 4.23. The minimum Gasteiger partial charge on any atom is -0.350 e. The van der Waals surface area contributed by atoms with E-state index in [1.807, 2.05) is 0 Å². The normalized spacial score (nSPS) is 14.3. The number of hydrogen-bond acceptors (Lipinski definition) is 5. The largest absolute Gasteiger partial charge is 0.350 e. The Kier molecular flexibility index (Phi) is 7.68. The SMILES string of the molecule is Cl.O=C(NCCNC(=O)c1cn(C2CCNCC2)nn1)c1ccc(F)cc1. The van der Waals surface area contributed by atoms with Crippen LogP contribution in [0.2, 0.25) is 0 Å². The van der Waals surface area contributed by atoms with Crippen molar-refractivity contribution in [1.29, 1.82) is 0 Å². The second kappa shape index (κ2) is 9.98. The molecule has 27 heavy (non-hydrogen) atoms. The number of carbonyl (C=O) groups excluding carboxylic acids is 2. The van der Waals surface area contributed by atoms with E-state index in [4.69, 9.17) is 0 Å². The third-order valence-corrected chi connectivity index (χ3v) is 4.23. The Balaban J connectivity index is 0.00000261. The fourth-order valence-corrected chi connectivity index (χ4v) is 2.78. The lowest BCUT2D eigenvalue weighted by molar-refractivity contribution is 0.0925. The van der Waals surface area contributed by atoms with Gasteiger partial charge in [0.25, 0.3) is 11.8 Å². The molecule has 0 saturated carbocycles. The van der Waals surface area contributed by atoms with Crippen LogP contribution in [0, 0.1) is 5.82 Å². The fourth-order valence-electron chi connectivity index (χ4n) is 2.78. The summed E-state index contributed by atoms with van der Waals surface area (Å²) < 4.78 is 14.6. The Morgan fingerprint density at radius 3 is 2.41 bits per heavy atom. The number of aromatic nitrogens is 3. The lowest BCUT2D eigenvalue weighted by Gasteiger charge is -2.22. The van der Waals surface area contributed by atoms with Gasteiger partial charge in [0.05, 0.1) is 12.2 Å². The molecule has 2 aromatic rings. The summed E-state index contributed by atoms with van der Waals surface area (Å²) >= 11 is 0. The topological polar surface area (TPSA) is 101 Å². The van der Waals surface area contributed by atoms with Crippen LogP contribution in [0.4, 0.5) is 4.39 Å². The molecule has 1 fully saturated rings. The maximum absolute atomic E-state index is 12.8. The lowest BCUT2D eigenvalue weighted by atomic mass is 10.1. The predicted octanol–water partition coefficient (Wildman–Crippen LogP) is 0.923. The lowest BCUT2D eigenvalue weighted by Crippen LogP contribution is -2.34. The minimum absolute atomic E-state index is 0. The van der Waals surface area contributed by atoms with Crippen molar-refractivity contribution in [3.63, 3.8) is 0 Å². The molecule has 2 heterocycles. The monoisotopic (exact) mass is 396 g/mol.